The second kappa shape index (κ2) is 8.87. The Morgan fingerprint density at radius 1 is 0.684 bits per heavy atom. The van der Waals surface area contributed by atoms with Gasteiger partial charge in [-0.1, -0.05) is 6.42 Å². The van der Waals surface area contributed by atoms with E-state index in [4.69, 9.17) is 10.2 Å². The van der Waals surface area contributed by atoms with Crippen LogP contribution in [0.4, 0.5) is 0 Å². The number of carboxylic acids is 2. The maximum atomic E-state index is 9.98. The molecule has 3 rings (SSSR count). The topological polar surface area (TPSA) is 81.1 Å². The monoisotopic (exact) mass is 272 g/mol. The van der Waals surface area contributed by atoms with Crippen molar-refractivity contribution in [2.75, 3.05) is 39.3 Å². The Bertz CT molecular complexity index is 249. The minimum absolute atomic E-state index is 0.139. The third-order valence-electron chi connectivity index (χ3n) is 3.48. The summed E-state index contributed by atoms with van der Waals surface area (Å²) in [5.41, 5.74) is 0. The molecule has 110 valence electrons. The van der Waals surface area contributed by atoms with Crippen LogP contribution in [0.25, 0.3) is 0 Å². The van der Waals surface area contributed by atoms with Gasteiger partial charge in [0, 0.05) is 52.1 Å². The fourth-order valence-electron chi connectivity index (χ4n) is 2.25. The number of carbonyl (C=O) groups is 2. The van der Waals surface area contributed by atoms with E-state index in [1.165, 1.54) is 39.3 Å². The summed E-state index contributed by atoms with van der Waals surface area (Å²) in [6.45, 7) is 7.92. The van der Waals surface area contributed by atoms with Crippen LogP contribution in [0, 0.1) is 0 Å². The molecule has 2 N–H and O–H groups in total. The average Bonchev–Trinajstić information content (AvgIpc) is 2.40. The van der Waals surface area contributed by atoms with E-state index in [1.807, 2.05) is 0 Å². The summed E-state index contributed by atoms with van der Waals surface area (Å²) in [5, 5.41) is 16.4. The smallest absolute Gasteiger partial charge is 0.303 e. The second-order valence-electron chi connectivity index (χ2n) is 5.03. The Morgan fingerprint density at radius 3 is 1.21 bits per heavy atom. The van der Waals surface area contributed by atoms with Gasteiger partial charge < -0.3 is 10.2 Å². The van der Waals surface area contributed by atoms with Gasteiger partial charge in [0.1, 0.15) is 0 Å². The Kier molecular flexibility index (Phi) is 7.43. The minimum atomic E-state index is -0.819. The SMILES string of the molecule is C1CN2CCN1CC2.O=C(O)CCCCCC(=O)O. The number of nitrogens with zero attached hydrogens (tertiary/aromatic N) is 2. The molecule has 0 unspecified atom stereocenters. The van der Waals surface area contributed by atoms with E-state index in [2.05, 4.69) is 9.80 Å². The zero-order valence-corrected chi connectivity index (χ0v) is 11.4. The normalized spacial score (nSPS) is 24.4. The van der Waals surface area contributed by atoms with Gasteiger partial charge in [-0.2, -0.15) is 0 Å². The number of aliphatic carboxylic acids is 2. The Morgan fingerprint density at radius 2 is 1.00 bits per heavy atom. The molecule has 0 aromatic rings. The maximum Gasteiger partial charge on any atom is 0.303 e. The number of fused-ring (bicyclic) bond motifs is 3. The molecule has 6 nitrogen and oxygen atoms in total. The highest BCUT2D eigenvalue weighted by molar-refractivity contribution is 5.67. The van der Waals surface area contributed by atoms with Crippen molar-refractivity contribution in [1.29, 1.82) is 0 Å². The van der Waals surface area contributed by atoms with Crippen molar-refractivity contribution < 1.29 is 19.8 Å². The predicted molar refractivity (Wildman–Crippen MR) is 71.2 cm³/mol. The number of carboxylic acid groups (broad SMARTS) is 2. The van der Waals surface area contributed by atoms with Crippen molar-refractivity contribution in [2.24, 2.45) is 0 Å². The number of hydrogen-bond acceptors (Lipinski definition) is 4. The molecule has 0 spiro atoms. The first-order valence-corrected chi connectivity index (χ1v) is 6.96. The standard InChI is InChI=1S/C7H12O4.C6H12N2/c8-6(9)4-2-1-3-5-7(10)11;1-2-8-5-3-7(1)4-6-8/h1-5H2,(H,8,9)(H,10,11);1-6H2. The molecule has 3 aliphatic heterocycles. The molecule has 0 aromatic carbocycles. The first-order valence-electron chi connectivity index (χ1n) is 6.96. The van der Waals surface area contributed by atoms with Crippen LogP contribution in [0.3, 0.4) is 0 Å². The zero-order valence-electron chi connectivity index (χ0n) is 11.4. The predicted octanol–water partition coefficient (Wildman–Crippen LogP) is 0.724. The maximum absolute atomic E-state index is 9.98. The molecular weight excluding hydrogens is 248 g/mol. The van der Waals surface area contributed by atoms with Gasteiger partial charge in [0.25, 0.3) is 0 Å². The summed E-state index contributed by atoms with van der Waals surface area (Å²) in [6, 6.07) is 0. The van der Waals surface area contributed by atoms with E-state index in [-0.39, 0.29) is 12.8 Å². The molecule has 0 aliphatic carbocycles. The summed E-state index contributed by atoms with van der Waals surface area (Å²) >= 11 is 0. The largest absolute Gasteiger partial charge is 0.481 e. The highest BCUT2D eigenvalue weighted by Crippen LogP contribution is 2.06. The molecule has 6 heteroatoms. The molecule has 0 aromatic heterocycles. The van der Waals surface area contributed by atoms with Crippen LogP contribution in [0.2, 0.25) is 0 Å². The quantitative estimate of drug-likeness (QED) is 0.694. The van der Waals surface area contributed by atoms with E-state index in [0.717, 1.165) is 0 Å². The number of piperazine rings is 3. The van der Waals surface area contributed by atoms with Gasteiger partial charge in [-0.25, -0.2) is 0 Å². The lowest BCUT2D eigenvalue weighted by molar-refractivity contribution is -0.137. The van der Waals surface area contributed by atoms with Crippen LogP contribution < -0.4 is 0 Å². The van der Waals surface area contributed by atoms with Crippen molar-refractivity contribution >= 4 is 11.9 Å². The highest BCUT2D eigenvalue weighted by Gasteiger charge is 2.21. The van der Waals surface area contributed by atoms with E-state index >= 15 is 0 Å². The number of rotatable bonds is 6. The fraction of sp³-hybridized carbons (Fsp3) is 0.846. The molecule has 0 saturated carbocycles. The van der Waals surface area contributed by atoms with Gasteiger partial charge >= 0.3 is 11.9 Å². The van der Waals surface area contributed by atoms with Crippen LogP contribution in [0.5, 0.6) is 0 Å². The molecule has 3 heterocycles. The molecule has 3 saturated heterocycles. The van der Waals surface area contributed by atoms with Crippen LogP contribution >= 0.6 is 0 Å². The summed E-state index contributed by atoms with van der Waals surface area (Å²) in [5.74, 6) is -1.64. The van der Waals surface area contributed by atoms with Crippen molar-refractivity contribution in [1.82, 2.24) is 9.80 Å². The summed E-state index contributed by atoms with van der Waals surface area (Å²) < 4.78 is 0. The highest BCUT2D eigenvalue weighted by atomic mass is 16.4. The summed E-state index contributed by atoms with van der Waals surface area (Å²) in [7, 11) is 0. The van der Waals surface area contributed by atoms with Crippen molar-refractivity contribution in [3.63, 3.8) is 0 Å². The summed E-state index contributed by atoms with van der Waals surface area (Å²) in [6.07, 6.45) is 2.10. The fourth-order valence-corrected chi connectivity index (χ4v) is 2.25. The van der Waals surface area contributed by atoms with Gasteiger partial charge in [0.05, 0.1) is 0 Å². The average molecular weight is 272 g/mol. The molecule has 0 amide bonds. The number of unbranched alkanes of at least 4 members (excludes halogenated alkanes) is 2. The lowest BCUT2D eigenvalue weighted by Gasteiger charge is -2.41. The Hall–Kier alpha value is -1.14. The third-order valence-corrected chi connectivity index (χ3v) is 3.48. The third kappa shape index (κ3) is 7.79. The van der Waals surface area contributed by atoms with Gasteiger partial charge in [-0.05, 0) is 12.8 Å². The first-order chi connectivity index (χ1) is 9.08. The first kappa shape index (κ1) is 15.9. The van der Waals surface area contributed by atoms with Gasteiger partial charge in [-0.15, -0.1) is 0 Å². The lowest BCUT2D eigenvalue weighted by atomic mass is 10.1. The van der Waals surface area contributed by atoms with E-state index in [1.54, 1.807) is 0 Å². The van der Waals surface area contributed by atoms with Gasteiger partial charge in [0.2, 0.25) is 0 Å². The zero-order chi connectivity index (χ0) is 14.1. The van der Waals surface area contributed by atoms with Crippen molar-refractivity contribution in [2.45, 2.75) is 32.1 Å². The van der Waals surface area contributed by atoms with E-state index in [9.17, 15) is 9.59 Å². The Labute approximate surface area is 114 Å². The molecule has 3 fully saturated rings. The van der Waals surface area contributed by atoms with Gasteiger partial charge in [0.15, 0.2) is 0 Å². The molecule has 3 aliphatic rings. The molecule has 2 bridgehead atoms. The van der Waals surface area contributed by atoms with Crippen LogP contribution in [-0.4, -0.2) is 71.2 Å². The van der Waals surface area contributed by atoms with Crippen LogP contribution in [0.15, 0.2) is 0 Å². The van der Waals surface area contributed by atoms with Crippen molar-refractivity contribution in [3.05, 3.63) is 0 Å². The van der Waals surface area contributed by atoms with Crippen LogP contribution in [-0.2, 0) is 9.59 Å². The molecule has 0 radical (unpaired) electrons. The summed E-state index contributed by atoms with van der Waals surface area (Å²) in [4.78, 5) is 25.0. The minimum Gasteiger partial charge on any atom is -0.481 e. The molecule has 19 heavy (non-hydrogen) atoms. The van der Waals surface area contributed by atoms with Crippen LogP contribution in [0.1, 0.15) is 32.1 Å². The van der Waals surface area contributed by atoms with E-state index < -0.39 is 11.9 Å². The molecule has 0 atom stereocenters. The Balaban J connectivity index is 0.000000196. The van der Waals surface area contributed by atoms with E-state index in [0.29, 0.717) is 19.3 Å². The number of hydrogen-bond donors (Lipinski definition) is 2. The second-order valence-corrected chi connectivity index (χ2v) is 5.03. The van der Waals surface area contributed by atoms with Crippen molar-refractivity contribution in [3.8, 4) is 0 Å². The van der Waals surface area contributed by atoms with Gasteiger partial charge in [-0.3, -0.25) is 19.4 Å². The molecular formula is C13H24N2O4. The lowest BCUT2D eigenvalue weighted by Crippen LogP contribution is -2.55.